The second-order valence-corrected chi connectivity index (χ2v) is 5.72. The minimum absolute atomic E-state index is 0.0669. The van der Waals surface area contributed by atoms with Crippen molar-refractivity contribution in [2.24, 2.45) is 0 Å². The Kier molecular flexibility index (Phi) is 4.80. The molecule has 0 fully saturated rings. The van der Waals surface area contributed by atoms with Gasteiger partial charge in [-0.25, -0.2) is 4.39 Å². The molecule has 0 spiro atoms. The minimum Gasteiger partial charge on any atom is -0.377 e. The monoisotopic (exact) mass is 372 g/mol. The third-order valence-corrected chi connectivity index (χ3v) is 3.90. The maximum atomic E-state index is 13.2. The van der Waals surface area contributed by atoms with Crippen molar-refractivity contribution in [1.82, 2.24) is 0 Å². The molecule has 0 radical (unpaired) electrons. The molecule has 0 saturated carbocycles. The second-order valence-electron chi connectivity index (χ2n) is 4.46. The molecule has 4 nitrogen and oxygen atoms in total. The molecule has 2 rings (SSSR count). The number of benzene rings is 2. The van der Waals surface area contributed by atoms with E-state index < -0.39 is 4.92 Å². The summed E-state index contributed by atoms with van der Waals surface area (Å²) in [5.41, 5.74) is 1.37. The topological polar surface area (TPSA) is 55.2 Å². The summed E-state index contributed by atoms with van der Waals surface area (Å²) in [5, 5.41) is 14.1. The van der Waals surface area contributed by atoms with Crippen molar-refractivity contribution in [3.05, 3.63) is 67.4 Å². The van der Waals surface area contributed by atoms with Crippen LogP contribution in [-0.2, 0) is 0 Å². The van der Waals surface area contributed by atoms with Gasteiger partial charge >= 0.3 is 0 Å². The van der Waals surface area contributed by atoms with E-state index in [9.17, 15) is 14.5 Å². The van der Waals surface area contributed by atoms with Crippen LogP contribution < -0.4 is 5.32 Å². The van der Waals surface area contributed by atoms with Gasteiger partial charge in [0.05, 0.1) is 20.1 Å². The van der Waals surface area contributed by atoms with Crippen LogP contribution in [-0.4, -0.2) is 4.92 Å². The van der Waals surface area contributed by atoms with Crippen LogP contribution in [0.2, 0.25) is 5.02 Å². The van der Waals surface area contributed by atoms with Gasteiger partial charge in [-0.2, -0.15) is 0 Å². The molecule has 0 aliphatic carbocycles. The lowest BCUT2D eigenvalue weighted by atomic mass is 10.1. The number of nitrogens with zero attached hydrogens (tertiary/aromatic N) is 1. The molecule has 0 aromatic heterocycles. The van der Waals surface area contributed by atoms with Crippen molar-refractivity contribution in [2.45, 2.75) is 13.0 Å². The molecule has 21 heavy (non-hydrogen) atoms. The summed E-state index contributed by atoms with van der Waals surface area (Å²) < 4.78 is 13.6. The molecule has 1 unspecified atom stereocenters. The number of halogens is 3. The summed E-state index contributed by atoms with van der Waals surface area (Å²) >= 11 is 9.16. The average Bonchev–Trinajstić information content (AvgIpc) is 2.43. The largest absolute Gasteiger partial charge is 0.377 e. The lowest BCUT2D eigenvalue weighted by Crippen LogP contribution is -2.07. The van der Waals surface area contributed by atoms with Gasteiger partial charge in [0, 0.05) is 18.2 Å². The predicted octanol–water partition coefficient (Wildman–Crippen LogP) is 5.32. The first kappa shape index (κ1) is 15.7. The Morgan fingerprint density at radius 3 is 2.62 bits per heavy atom. The van der Waals surface area contributed by atoms with Crippen molar-refractivity contribution in [2.75, 3.05) is 5.32 Å². The van der Waals surface area contributed by atoms with Crippen LogP contribution in [0, 0.1) is 15.9 Å². The zero-order chi connectivity index (χ0) is 15.6. The Bertz CT molecular complexity index is 697. The third-order valence-electron chi connectivity index (χ3n) is 2.98. The summed E-state index contributed by atoms with van der Waals surface area (Å²) in [5.74, 6) is -0.334. The molecule has 0 heterocycles. The highest BCUT2D eigenvalue weighted by Gasteiger charge is 2.13. The number of nitro benzene ring substituents is 1. The number of hydrogen-bond acceptors (Lipinski definition) is 3. The standard InChI is InChI=1S/C14H11BrClFN2O2/c1-8(9-2-4-13(17)11(15)6-9)18-14-5-3-10(19(20)21)7-12(14)16/h2-8,18H,1H3. The number of hydrogen-bond donors (Lipinski definition) is 1. The zero-order valence-corrected chi connectivity index (χ0v) is 13.3. The summed E-state index contributed by atoms with van der Waals surface area (Å²) in [7, 11) is 0. The molecule has 0 aliphatic rings. The second kappa shape index (κ2) is 6.41. The average molecular weight is 374 g/mol. The van der Waals surface area contributed by atoms with Crippen molar-refractivity contribution in [3.63, 3.8) is 0 Å². The van der Waals surface area contributed by atoms with E-state index in [4.69, 9.17) is 11.6 Å². The fraction of sp³-hybridized carbons (Fsp3) is 0.143. The molecule has 0 amide bonds. The SMILES string of the molecule is CC(Nc1ccc([N+](=O)[O-])cc1Cl)c1ccc(F)c(Br)c1. The fourth-order valence-corrected chi connectivity index (χ4v) is 2.46. The lowest BCUT2D eigenvalue weighted by molar-refractivity contribution is -0.384. The summed E-state index contributed by atoms with van der Waals surface area (Å²) in [4.78, 5) is 10.2. The Balaban J connectivity index is 2.21. The van der Waals surface area contributed by atoms with Crippen LogP contribution in [0.15, 0.2) is 40.9 Å². The van der Waals surface area contributed by atoms with Gasteiger partial charge < -0.3 is 5.32 Å². The van der Waals surface area contributed by atoms with Gasteiger partial charge in [0.15, 0.2) is 0 Å². The first-order valence-corrected chi connectivity index (χ1v) is 7.21. The van der Waals surface area contributed by atoms with Crippen LogP contribution >= 0.6 is 27.5 Å². The highest BCUT2D eigenvalue weighted by atomic mass is 79.9. The van der Waals surface area contributed by atoms with Gasteiger partial charge in [-0.3, -0.25) is 10.1 Å². The maximum Gasteiger partial charge on any atom is 0.271 e. The van der Waals surface area contributed by atoms with Crippen LogP contribution in [0.3, 0.4) is 0 Å². The zero-order valence-electron chi connectivity index (χ0n) is 10.9. The summed E-state index contributed by atoms with van der Waals surface area (Å²) in [6.45, 7) is 1.89. The Morgan fingerprint density at radius 2 is 2.05 bits per heavy atom. The molecule has 0 aliphatic heterocycles. The Labute approximate surface area is 134 Å². The van der Waals surface area contributed by atoms with Gasteiger partial charge in [-0.05, 0) is 46.6 Å². The van der Waals surface area contributed by atoms with Crippen LogP contribution in [0.25, 0.3) is 0 Å². The molecule has 7 heteroatoms. The predicted molar refractivity (Wildman–Crippen MR) is 84.2 cm³/mol. The molecule has 110 valence electrons. The molecular weight excluding hydrogens is 363 g/mol. The molecule has 0 saturated heterocycles. The van der Waals surface area contributed by atoms with Gasteiger partial charge in [0.2, 0.25) is 0 Å². The van der Waals surface area contributed by atoms with E-state index in [-0.39, 0.29) is 22.6 Å². The number of rotatable bonds is 4. The fourth-order valence-electron chi connectivity index (χ4n) is 1.83. The smallest absolute Gasteiger partial charge is 0.271 e. The highest BCUT2D eigenvalue weighted by molar-refractivity contribution is 9.10. The van der Waals surface area contributed by atoms with Gasteiger partial charge in [0.25, 0.3) is 5.69 Å². The van der Waals surface area contributed by atoms with E-state index in [1.165, 1.54) is 18.2 Å². The van der Waals surface area contributed by atoms with E-state index >= 15 is 0 Å². The minimum atomic E-state index is -0.504. The van der Waals surface area contributed by atoms with Gasteiger partial charge in [-0.15, -0.1) is 0 Å². The highest BCUT2D eigenvalue weighted by Crippen LogP contribution is 2.30. The van der Waals surface area contributed by atoms with Crippen LogP contribution in [0.5, 0.6) is 0 Å². The maximum absolute atomic E-state index is 13.2. The van der Waals surface area contributed by atoms with E-state index in [0.29, 0.717) is 10.2 Å². The normalized spacial score (nSPS) is 12.0. The van der Waals surface area contributed by atoms with Gasteiger partial charge in [-0.1, -0.05) is 17.7 Å². The quantitative estimate of drug-likeness (QED) is 0.582. The van der Waals surface area contributed by atoms with Crippen molar-refractivity contribution >= 4 is 38.9 Å². The van der Waals surface area contributed by atoms with E-state index in [1.807, 2.05) is 6.92 Å². The third kappa shape index (κ3) is 3.71. The number of anilines is 1. The van der Waals surface area contributed by atoms with Gasteiger partial charge in [0.1, 0.15) is 5.82 Å². The molecular formula is C14H11BrClFN2O2. The lowest BCUT2D eigenvalue weighted by Gasteiger charge is -2.17. The number of nitro groups is 1. The van der Waals surface area contributed by atoms with Crippen molar-refractivity contribution in [1.29, 1.82) is 0 Å². The molecule has 1 atom stereocenters. The van der Waals surface area contributed by atoms with Crippen molar-refractivity contribution < 1.29 is 9.31 Å². The van der Waals surface area contributed by atoms with Crippen LogP contribution in [0.1, 0.15) is 18.5 Å². The first-order chi connectivity index (χ1) is 9.88. The van der Waals surface area contributed by atoms with Crippen molar-refractivity contribution in [3.8, 4) is 0 Å². The molecule has 0 bridgehead atoms. The Hall–Kier alpha value is -1.66. The Morgan fingerprint density at radius 1 is 1.33 bits per heavy atom. The summed E-state index contributed by atoms with van der Waals surface area (Å²) in [6, 6.07) is 8.79. The van der Waals surface area contributed by atoms with Crippen LogP contribution in [0.4, 0.5) is 15.8 Å². The first-order valence-electron chi connectivity index (χ1n) is 6.04. The number of non-ortho nitro benzene ring substituents is 1. The molecule has 2 aromatic carbocycles. The van der Waals surface area contributed by atoms with E-state index in [2.05, 4.69) is 21.2 Å². The van der Waals surface area contributed by atoms with E-state index in [1.54, 1.807) is 18.2 Å². The molecule has 2 aromatic rings. The van der Waals surface area contributed by atoms with E-state index in [0.717, 1.165) is 5.56 Å². The number of nitrogens with one attached hydrogen (secondary N) is 1. The summed E-state index contributed by atoms with van der Waals surface area (Å²) in [6.07, 6.45) is 0. The molecule has 1 N–H and O–H groups in total.